The highest BCUT2D eigenvalue weighted by Gasteiger charge is 2.14. The Morgan fingerprint density at radius 1 is 1.24 bits per heavy atom. The Kier molecular flexibility index (Phi) is 4.38. The molecule has 3 heterocycles. The van der Waals surface area contributed by atoms with Crippen molar-refractivity contribution < 1.29 is 4.74 Å². The predicted molar refractivity (Wildman–Crippen MR) is 97.8 cm³/mol. The predicted octanol–water partition coefficient (Wildman–Crippen LogP) is 2.03. The number of pyridine rings is 1. The third-order valence-corrected chi connectivity index (χ3v) is 4.81. The topological polar surface area (TPSA) is 63.1 Å². The Morgan fingerprint density at radius 3 is 2.92 bits per heavy atom. The highest BCUT2D eigenvalue weighted by molar-refractivity contribution is 5.84. The first kappa shape index (κ1) is 16.1. The average molecular weight is 338 g/mol. The first-order valence-corrected chi connectivity index (χ1v) is 8.66. The molecule has 4 rings (SSSR count). The summed E-state index contributed by atoms with van der Waals surface area (Å²) in [6.45, 7) is 7.24. The maximum Gasteiger partial charge on any atom is 0.259 e. The first-order chi connectivity index (χ1) is 12.2. The van der Waals surface area contributed by atoms with Gasteiger partial charge in [-0.05, 0) is 23.9 Å². The Labute approximate surface area is 146 Å². The number of morpholine rings is 1. The minimum atomic E-state index is -0.0966. The number of rotatable bonds is 4. The third-order valence-electron chi connectivity index (χ3n) is 4.81. The molecule has 1 fully saturated rings. The molecule has 6 heteroatoms. The lowest BCUT2D eigenvalue weighted by atomic mass is 10.1. The summed E-state index contributed by atoms with van der Waals surface area (Å²) in [5.41, 5.74) is 2.48. The molecule has 1 saturated heterocycles. The molecule has 0 saturated carbocycles. The minimum Gasteiger partial charge on any atom is -0.379 e. The van der Waals surface area contributed by atoms with Gasteiger partial charge in [0, 0.05) is 38.6 Å². The number of nitrogens with one attached hydrogen (secondary N) is 1. The van der Waals surface area contributed by atoms with E-state index in [4.69, 9.17) is 4.74 Å². The van der Waals surface area contributed by atoms with Crippen LogP contribution in [0, 0.1) is 6.92 Å². The smallest absolute Gasteiger partial charge is 0.259 e. The maximum atomic E-state index is 12.6. The molecule has 130 valence electrons. The van der Waals surface area contributed by atoms with Crippen LogP contribution in [0.15, 0.2) is 41.5 Å². The van der Waals surface area contributed by atoms with Crippen LogP contribution in [-0.4, -0.2) is 52.3 Å². The van der Waals surface area contributed by atoms with E-state index in [9.17, 15) is 4.79 Å². The van der Waals surface area contributed by atoms with Crippen molar-refractivity contribution in [1.29, 1.82) is 0 Å². The van der Waals surface area contributed by atoms with E-state index in [1.165, 1.54) is 0 Å². The highest BCUT2D eigenvalue weighted by atomic mass is 16.5. The zero-order valence-electron chi connectivity index (χ0n) is 14.4. The molecule has 2 aromatic heterocycles. The lowest BCUT2D eigenvalue weighted by Gasteiger charge is -2.26. The number of hydrogen-bond donors (Lipinski definition) is 1. The first-order valence-electron chi connectivity index (χ1n) is 8.66. The SMILES string of the molecule is Cc1cccc2cc(-c3nccn3CCN3CCOCC3)c(=O)[nH]c12. The van der Waals surface area contributed by atoms with Gasteiger partial charge in [-0.1, -0.05) is 18.2 Å². The summed E-state index contributed by atoms with van der Waals surface area (Å²) in [6.07, 6.45) is 3.70. The summed E-state index contributed by atoms with van der Waals surface area (Å²) in [5, 5.41) is 1.03. The van der Waals surface area contributed by atoms with Crippen LogP contribution in [0.2, 0.25) is 0 Å². The van der Waals surface area contributed by atoms with E-state index >= 15 is 0 Å². The van der Waals surface area contributed by atoms with Crippen LogP contribution in [-0.2, 0) is 11.3 Å². The van der Waals surface area contributed by atoms with Gasteiger partial charge in [-0.15, -0.1) is 0 Å². The maximum absolute atomic E-state index is 12.6. The molecular formula is C19H22N4O2. The second-order valence-electron chi connectivity index (χ2n) is 6.45. The van der Waals surface area contributed by atoms with Gasteiger partial charge in [-0.25, -0.2) is 4.98 Å². The molecule has 1 aliphatic rings. The van der Waals surface area contributed by atoms with Crippen molar-refractivity contribution in [3.05, 3.63) is 52.6 Å². The van der Waals surface area contributed by atoms with Crippen molar-refractivity contribution in [1.82, 2.24) is 19.4 Å². The van der Waals surface area contributed by atoms with Crippen molar-refractivity contribution in [2.75, 3.05) is 32.8 Å². The molecule has 6 nitrogen and oxygen atoms in total. The Hall–Kier alpha value is -2.44. The number of aryl methyl sites for hydroxylation is 1. The van der Waals surface area contributed by atoms with Crippen LogP contribution in [0.3, 0.4) is 0 Å². The summed E-state index contributed by atoms with van der Waals surface area (Å²) >= 11 is 0. The number of hydrogen-bond acceptors (Lipinski definition) is 4. The van der Waals surface area contributed by atoms with Crippen molar-refractivity contribution >= 4 is 10.9 Å². The summed E-state index contributed by atoms with van der Waals surface area (Å²) in [7, 11) is 0. The number of benzene rings is 1. The molecule has 0 spiro atoms. The number of fused-ring (bicyclic) bond motifs is 1. The van der Waals surface area contributed by atoms with Crippen molar-refractivity contribution in [3.8, 4) is 11.4 Å². The van der Waals surface area contributed by atoms with Crippen LogP contribution in [0.4, 0.5) is 0 Å². The quantitative estimate of drug-likeness (QED) is 0.791. The summed E-state index contributed by atoms with van der Waals surface area (Å²) in [5.74, 6) is 0.720. The van der Waals surface area contributed by atoms with E-state index in [0.29, 0.717) is 5.56 Å². The number of aromatic nitrogens is 3. The number of H-pyrrole nitrogens is 1. The van der Waals surface area contributed by atoms with Crippen molar-refractivity contribution in [3.63, 3.8) is 0 Å². The molecule has 0 bridgehead atoms. The molecule has 1 aliphatic heterocycles. The van der Waals surface area contributed by atoms with Crippen LogP contribution in [0.25, 0.3) is 22.3 Å². The second kappa shape index (κ2) is 6.82. The number of imidazole rings is 1. The molecule has 0 unspecified atom stereocenters. The highest BCUT2D eigenvalue weighted by Crippen LogP contribution is 2.20. The fourth-order valence-electron chi connectivity index (χ4n) is 3.36. The zero-order valence-corrected chi connectivity index (χ0v) is 14.4. The van der Waals surface area contributed by atoms with E-state index in [-0.39, 0.29) is 5.56 Å². The molecule has 25 heavy (non-hydrogen) atoms. The van der Waals surface area contributed by atoms with E-state index in [2.05, 4.69) is 19.4 Å². The summed E-state index contributed by atoms with van der Waals surface area (Å²) in [6, 6.07) is 7.96. The fraction of sp³-hybridized carbons (Fsp3) is 0.368. The molecule has 1 N–H and O–H groups in total. The summed E-state index contributed by atoms with van der Waals surface area (Å²) in [4.78, 5) is 22.4. The second-order valence-corrected chi connectivity index (χ2v) is 6.45. The van der Waals surface area contributed by atoms with Gasteiger partial charge in [0.25, 0.3) is 5.56 Å². The van der Waals surface area contributed by atoms with Gasteiger partial charge in [0.2, 0.25) is 0 Å². The molecular weight excluding hydrogens is 316 g/mol. The Balaban J connectivity index is 1.64. The molecule has 0 amide bonds. The van der Waals surface area contributed by atoms with Crippen LogP contribution in [0.5, 0.6) is 0 Å². The van der Waals surface area contributed by atoms with E-state index < -0.39 is 0 Å². The normalized spacial score (nSPS) is 15.7. The number of aromatic amines is 1. The van der Waals surface area contributed by atoms with Gasteiger partial charge in [-0.2, -0.15) is 0 Å². The zero-order chi connectivity index (χ0) is 17.2. The van der Waals surface area contributed by atoms with Gasteiger partial charge < -0.3 is 14.3 Å². The standard InChI is InChI=1S/C19H22N4O2/c1-14-3-2-4-15-13-16(19(24)21-17(14)15)18-20-5-6-23(18)8-7-22-9-11-25-12-10-22/h2-6,13H,7-12H2,1H3,(H,21,24). The van der Waals surface area contributed by atoms with Crippen LogP contribution in [0.1, 0.15) is 5.56 Å². The van der Waals surface area contributed by atoms with Gasteiger partial charge in [0.15, 0.2) is 0 Å². The lowest BCUT2D eigenvalue weighted by molar-refractivity contribution is 0.0364. The molecule has 0 atom stereocenters. The van der Waals surface area contributed by atoms with E-state index in [0.717, 1.165) is 61.7 Å². The summed E-state index contributed by atoms with van der Waals surface area (Å²) < 4.78 is 7.45. The largest absolute Gasteiger partial charge is 0.379 e. The molecule has 0 radical (unpaired) electrons. The Bertz CT molecular complexity index is 938. The third kappa shape index (κ3) is 3.23. The van der Waals surface area contributed by atoms with Crippen molar-refractivity contribution in [2.45, 2.75) is 13.5 Å². The van der Waals surface area contributed by atoms with E-state index in [1.54, 1.807) is 6.20 Å². The number of ether oxygens (including phenoxy) is 1. The van der Waals surface area contributed by atoms with Gasteiger partial charge in [0.1, 0.15) is 5.82 Å². The average Bonchev–Trinajstić information content (AvgIpc) is 3.09. The molecule has 3 aromatic rings. The lowest BCUT2D eigenvalue weighted by Crippen LogP contribution is -2.38. The number of para-hydroxylation sites is 1. The van der Waals surface area contributed by atoms with Gasteiger partial charge >= 0.3 is 0 Å². The van der Waals surface area contributed by atoms with E-state index in [1.807, 2.05) is 37.4 Å². The minimum absolute atomic E-state index is 0.0966. The van der Waals surface area contributed by atoms with Gasteiger partial charge in [0.05, 0.1) is 24.3 Å². The van der Waals surface area contributed by atoms with Gasteiger partial charge in [-0.3, -0.25) is 9.69 Å². The number of nitrogens with zero attached hydrogens (tertiary/aromatic N) is 3. The molecule has 0 aliphatic carbocycles. The van der Waals surface area contributed by atoms with Crippen LogP contribution < -0.4 is 5.56 Å². The monoisotopic (exact) mass is 338 g/mol. The fourth-order valence-corrected chi connectivity index (χ4v) is 3.36. The Morgan fingerprint density at radius 2 is 2.08 bits per heavy atom. The molecule has 1 aromatic carbocycles. The van der Waals surface area contributed by atoms with Crippen molar-refractivity contribution in [2.24, 2.45) is 0 Å². The van der Waals surface area contributed by atoms with Crippen LogP contribution >= 0.6 is 0 Å².